The molecule has 0 spiro atoms. The molecule has 0 aliphatic carbocycles. The number of carbonyl (C=O) groups is 2. The molecule has 2 aromatic carbocycles. The van der Waals surface area contributed by atoms with Crippen LogP contribution in [-0.2, 0) is 14.8 Å². The third-order valence-corrected chi connectivity index (χ3v) is 6.71. The van der Waals surface area contributed by atoms with Crippen LogP contribution in [0.2, 0.25) is 5.02 Å². The fourth-order valence-corrected chi connectivity index (χ4v) is 4.15. The lowest BCUT2D eigenvalue weighted by Crippen LogP contribution is -2.25. The van der Waals surface area contributed by atoms with Crippen LogP contribution in [0.4, 0.5) is 11.4 Å². The molecule has 1 unspecified atom stereocenters. The van der Waals surface area contributed by atoms with Gasteiger partial charge in [0.2, 0.25) is 15.9 Å². The van der Waals surface area contributed by atoms with E-state index in [4.69, 9.17) is 11.6 Å². The maximum atomic E-state index is 12.6. The maximum Gasteiger partial charge on any atom is 0.255 e. The number of halogens is 1. The first-order chi connectivity index (χ1) is 15.5. The van der Waals surface area contributed by atoms with E-state index in [0.717, 1.165) is 11.4 Å². The molecular formula is C22H24ClN5O4S. The summed E-state index contributed by atoms with van der Waals surface area (Å²) < 4.78 is 27.4. The van der Waals surface area contributed by atoms with Gasteiger partial charge in [-0.3, -0.25) is 14.3 Å². The molecule has 1 aromatic heterocycles. The second kappa shape index (κ2) is 9.74. The summed E-state index contributed by atoms with van der Waals surface area (Å²) in [7, 11) is -2.27. The number of benzene rings is 2. The number of hydrogen-bond acceptors (Lipinski definition) is 5. The molecule has 3 rings (SSSR count). The lowest BCUT2D eigenvalue weighted by atomic mass is 10.2. The van der Waals surface area contributed by atoms with Gasteiger partial charge in [0.15, 0.2) is 0 Å². The van der Waals surface area contributed by atoms with Gasteiger partial charge in [-0.2, -0.15) is 5.10 Å². The van der Waals surface area contributed by atoms with Crippen molar-refractivity contribution >= 4 is 44.8 Å². The highest BCUT2D eigenvalue weighted by atomic mass is 35.5. The first-order valence-electron chi connectivity index (χ1n) is 10.00. The number of aryl methyl sites for hydroxylation is 2. The Balaban J connectivity index is 1.68. The van der Waals surface area contributed by atoms with Crippen molar-refractivity contribution in [3.8, 4) is 0 Å². The Bertz CT molecular complexity index is 1300. The molecule has 0 aliphatic heterocycles. The maximum absolute atomic E-state index is 12.6. The van der Waals surface area contributed by atoms with E-state index in [1.807, 2.05) is 19.9 Å². The predicted molar refractivity (Wildman–Crippen MR) is 127 cm³/mol. The molecule has 33 heavy (non-hydrogen) atoms. The number of anilines is 2. The summed E-state index contributed by atoms with van der Waals surface area (Å²) in [6, 6.07) is 11.6. The molecule has 1 heterocycles. The summed E-state index contributed by atoms with van der Waals surface area (Å²) in [4.78, 5) is 25.2. The molecule has 0 bridgehead atoms. The lowest BCUT2D eigenvalue weighted by molar-refractivity contribution is -0.119. The van der Waals surface area contributed by atoms with E-state index in [0.29, 0.717) is 11.4 Å². The number of hydrogen-bond donors (Lipinski definition) is 3. The Morgan fingerprint density at radius 2 is 1.70 bits per heavy atom. The van der Waals surface area contributed by atoms with E-state index < -0.39 is 22.0 Å². The van der Waals surface area contributed by atoms with E-state index in [1.165, 1.54) is 37.4 Å². The zero-order valence-electron chi connectivity index (χ0n) is 18.5. The highest BCUT2D eigenvalue weighted by Crippen LogP contribution is 2.27. The van der Waals surface area contributed by atoms with Crippen molar-refractivity contribution in [2.45, 2.75) is 31.7 Å². The minimum absolute atomic E-state index is 0.0550. The van der Waals surface area contributed by atoms with Crippen LogP contribution in [0.1, 0.15) is 34.7 Å². The second-order valence-corrected chi connectivity index (χ2v) is 9.71. The molecule has 3 aromatic rings. The third-order valence-electron chi connectivity index (χ3n) is 4.97. The number of carbonyl (C=O) groups excluding carboxylic acids is 2. The standard InChI is InChI=1S/C22H24ClN5O4S/c1-13-11-14(2)28(27-13)15(3)21(29)26-20-10-7-17(12-19(20)23)25-22(30)16-5-8-18(9-6-16)33(31,32)24-4/h5-12,15,24H,1-4H3,(H,25,30)(H,26,29). The van der Waals surface area contributed by atoms with Gasteiger partial charge in [-0.1, -0.05) is 11.6 Å². The van der Waals surface area contributed by atoms with Gasteiger partial charge in [-0.25, -0.2) is 13.1 Å². The van der Waals surface area contributed by atoms with Crippen LogP contribution in [0, 0.1) is 13.8 Å². The van der Waals surface area contributed by atoms with Gasteiger partial charge >= 0.3 is 0 Å². The molecule has 0 aliphatic rings. The summed E-state index contributed by atoms with van der Waals surface area (Å²) >= 11 is 6.31. The Morgan fingerprint density at radius 3 is 2.24 bits per heavy atom. The molecule has 1 atom stereocenters. The fraction of sp³-hybridized carbons (Fsp3) is 0.227. The van der Waals surface area contributed by atoms with Crippen LogP contribution in [-0.4, -0.2) is 37.1 Å². The van der Waals surface area contributed by atoms with Crippen molar-refractivity contribution in [3.05, 3.63) is 70.5 Å². The summed E-state index contributed by atoms with van der Waals surface area (Å²) in [5, 5.41) is 10.1. The van der Waals surface area contributed by atoms with E-state index in [9.17, 15) is 18.0 Å². The zero-order chi connectivity index (χ0) is 24.3. The summed E-state index contributed by atoms with van der Waals surface area (Å²) in [5.74, 6) is -0.717. The van der Waals surface area contributed by atoms with Gasteiger partial charge in [0.1, 0.15) is 6.04 Å². The fourth-order valence-electron chi connectivity index (χ4n) is 3.19. The molecule has 3 N–H and O–H groups in total. The van der Waals surface area contributed by atoms with Gasteiger partial charge in [-0.15, -0.1) is 0 Å². The topological polar surface area (TPSA) is 122 Å². The molecular weight excluding hydrogens is 466 g/mol. The molecule has 9 nitrogen and oxygen atoms in total. The van der Waals surface area contributed by atoms with Crippen LogP contribution in [0.15, 0.2) is 53.4 Å². The monoisotopic (exact) mass is 489 g/mol. The lowest BCUT2D eigenvalue weighted by Gasteiger charge is -2.16. The first kappa shape index (κ1) is 24.4. The highest BCUT2D eigenvalue weighted by Gasteiger charge is 2.19. The van der Waals surface area contributed by atoms with Gasteiger partial charge < -0.3 is 10.6 Å². The van der Waals surface area contributed by atoms with Crippen LogP contribution in [0.25, 0.3) is 0 Å². The minimum Gasteiger partial charge on any atom is -0.323 e. The predicted octanol–water partition coefficient (Wildman–Crippen LogP) is 3.51. The summed E-state index contributed by atoms with van der Waals surface area (Å²) in [6.45, 7) is 5.47. The van der Waals surface area contributed by atoms with Gasteiger partial charge in [-0.05, 0) is 76.3 Å². The molecule has 0 saturated heterocycles. The van der Waals surface area contributed by atoms with Crippen LogP contribution in [0.3, 0.4) is 0 Å². The van der Waals surface area contributed by atoms with E-state index in [-0.39, 0.29) is 21.4 Å². The van der Waals surface area contributed by atoms with Crippen molar-refractivity contribution in [1.29, 1.82) is 0 Å². The SMILES string of the molecule is CNS(=O)(=O)c1ccc(C(=O)Nc2ccc(NC(=O)C(C)n3nc(C)cc3C)c(Cl)c2)cc1. The third kappa shape index (κ3) is 5.59. The number of amides is 2. The quantitative estimate of drug-likeness (QED) is 0.468. The van der Waals surface area contributed by atoms with Crippen LogP contribution >= 0.6 is 11.6 Å². The number of aromatic nitrogens is 2. The number of nitrogens with zero attached hydrogens (tertiary/aromatic N) is 2. The Labute approximate surface area is 197 Å². The van der Waals surface area contributed by atoms with Gasteiger partial charge in [0, 0.05) is 16.9 Å². The molecule has 0 saturated carbocycles. The molecule has 2 amide bonds. The highest BCUT2D eigenvalue weighted by molar-refractivity contribution is 7.89. The smallest absolute Gasteiger partial charge is 0.255 e. The van der Waals surface area contributed by atoms with Crippen molar-refractivity contribution in [2.75, 3.05) is 17.7 Å². The van der Waals surface area contributed by atoms with E-state index in [2.05, 4.69) is 20.5 Å². The second-order valence-electron chi connectivity index (χ2n) is 7.42. The Hall–Kier alpha value is -3.21. The van der Waals surface area contributed by atoms with Crippen molar-refractivity contribution in [3.63, 3.8) is 0 Å². The van der Waals surface area contributed by atoms with Crippen molar-refractivity contribution in [2.24, 2.45) is 0 Å². The van der Waals surface area contributed by atoms with Gasteiger partial charge in [0.05, 0.1) is 21.3 Å². The molecule has 174 valence electrons. The zero-order valence-corrected chi connectivity index (χ0v) is 20.1. The molecule has 0 radical (unpaired) electrons. The molecule has 0 fully saturated rings. The van der Waals surface area contributed by atoms with Crippen LogP contribution < -0.4 is 15.4 Å². The Kier molecular flexibility index (Phi) is 7.21. The van der Waals surface area contributed by atoms with E-state index in [1.54, 1.807) is 23.7 Å². The van der Waals surface area contributed by atoms with Crippen molar-refractivity contribution < 1.29 is 18.0 Å². The minimum atomic E-state index is -3.58. The number of nitrogens with one attached hydrogen (secondary N) is 3. The number of sulfonamides is 1. The van der Waals surface area contributed by atoms with Gasteiger partial charge in [0.25, 0.3) is 5.91 Å². The first-order valence-corrected chi connectivity index (χ1v) is 11.9. The Morgan fingerprint density at radius 1 is 1.03 bits per heavy atom. The molecule has 11 heteroatoms. The summed E-state index contributed by atoms with van der Waals surface area (Å²) in [5.41, 5.74) is 2.79. The average Bonchev–Trinajstić information content (AvgIpc) is 3.12. The van der Waals surface area contributed by atoms with E-state index >= 15 is 0 Å². The van der Waals surface area contributed by atoms with Crippen LogP contribution in [0.5, 0.6) is 0 Å². The average molecular weight is 490 g/mol. The number of rotatable bonds is 7. The summed E-state index contributed by atoms with van der Waals surface area (Å²) in [6.07, 6.45) is 0. The largest absolute Gasteiger partial charge is 0.323 e. The van der Waals surface area contributed by atoms with Crippen molar-refractivity contribution in [1.82, 2.24) is 14.5 Å². The normalized spacial score (nSPS) is 12.3.